The molecule has 0 aliphatic heterocycles. The Balaban J connectivity index is 1.63. The summed E-state index contributed by atoms with van der Waals surface area (Å²) in [4.78, 5) is 4.73. The van der Waals surface area contributed by atoms with Crippen LogP contribution in [0, 0.1) is 5.41 Å². The second kappa shape index (κ2) is 7.23. The van der Waals surface area contributed by atoms with Crippen LogP contribution in [0.25, 0.3) is 5.65 Å². The fourth-order valence-corrected chi connectivity index (χ4v) is 3.54. The number of hydrogen-bond acceptors (Lipinski definition) is 4. The van der Waals surface area contributed by atoms with Crippen LogP contribution in [0.2, 0.25) is 0 Å². The number of rotatable bonds is 6. The maximum atomic E-state index is 5.71. The summed E-state index contributed by atoms with van der Waals surface area (Å²) in [5.74, 6) is 1.77. The van der Waals surface area contributed by atoms with Crippen LogP contribution in [-0.4, -0.2) is 52.4 Å². The van der Waals surface area contributed by atoms with Crippen molar-refractivity contribution in [2.24, 2.45) is 10.4 Å². The second-order valence-electron chi connectivity index (χ2n) is 7.61. The van der Waals surface area contributed by atoms with E-state index in [1.54, 1.807) is 7.11 Å². The van der Waals surface area contributed by atoms with E-state index < -0.39 is 0 Å². The molecule has 0 saturated heterocycles. The molecular formula is C19H30N6O. The van der Waals surface area contributed by atoms with Crippen molar-refractivity contribution >= 4 is 11.6 Å². The van der Waals surface area contributed by atoms with E-state index in [2.05, 4.69) is 48.5 Å². The maximum Gasteiger partial charge on any atom is 0.191 e. The molecule has 0 aromatic carbocycles. The number of guanidine groups is 1. The molecule has 0 spiro atoms. The third-order valence-electron chi connectivity index (χ3n) is 5.92. The van der Waals surface area contributed by atoms with Gasteiger partial charge in [-0.3, -0.25) is 9.39 Å². The highest BCUT2D eigenvalue weighted by atomic mass is 16.5. The Labute approximate surface area is 155 Å². The molecule has 0 radical (unpaired) electrons. The van der Waals surface area contributed by atoms with Crippen molar-refractivity contribution in [3.05, 3.63) is 30.2 Å². The van der Waals surface area contributed by atoms with E-state index >= 15 is 0 Å². The van der Waals surface area contributed by atoms with Crippen LogP contribution in [0.1, 0.15) is 39.9 Å². The fraction of sp³-hybridized carbons (Fsp3) is 0.632. The predicted molar refractivity (Wildman–Crippen MR) is 103 cm³/mol. The predicted octanol–water partition coefficient (Wildman–Crippen LogP) is 2.03. The van der Waals surface area contributed by atoms with Crippen LogP contribution >= 0.6 is 0 Å². The SMILES string of the molecule is CCNC(=NCCc1nnc2ccccn12)NC1CC(C)(OC)C1(C)C. The highest BCUT2D eigenvalue weighted by Gasteiger charge is 2.58. The number of hydrogen-bond donors (Lipinski definition) is 2. The number of pyridine rings is 1. The maximum absolute atomic E-state index is 5.71. The van der Waals surface area contributed by atoms with E-state index in [4.69, 9.17) is 9.73 Å². The summed E-state index contributed by atoms with van der Waals surface area (Å²) in [7, 11) is 1.79. The third-order valence-corrected chi connectivity index (χ3v) is 5.92. The number of methoxy groups -OCH3 is 1. The molecule has 1 aliphatic carbocycles. The quantitative estimate of drug-likeness (QED) is 0.610. The van der Waals surface area contributed by atoms with Gasteiger partial charge in [-0.15, -0.1) is 10.2 Å². The molecule has 0 amide bonds. The highest BCUT2D eigenvalue weighted by molar-refractivity contribution is 5.80. The molecule has 7 heteroatoms. The molecule has 1 aliphatic rings. The first kappa shape index (κ1) is 18.6. The van der Waals surface area contributed by atoms with Gasteiger partial charge in [-0.05, 0) is 32.4 Å². The normalized spacial score (nSPS) is 25.1. The zero-order valence-electron chi connectivity index (χ0n) is 16.4. The Hall–Kier alpha value is -2.15. The lowest BCUT2D eigenvalue weighted by molar-refractivity contribution is -0.176. The molecule has 1 saturated carbocycles. The first-order chi connectivity index (χ1) is 12.4. The van der Waals surface area contributed by atoms with Crippen LogP contribution in [0.3, 0.4) is 0 Å². The highest BCUT2D eigenvalue weighted by Crippen LogP contribution is 2.51. The minimum atomic E-state index is -0.0948. The minimum Gasteiger partial charge on any atom is -0.378 e. The van der Waals surface area contributed by atoms with E-state index in [0.29, 0.717) is 12.6 Å². The summed E-state index contributed by atoms with van der Waals surface area (Å²) >= 11 is 0. The van der Waals surface area contributed by atoms with Gasteiger partial charge in [0.05, 0.1) is 5.60 Å². The number of nitrogens with one attached hydrogen (secondary N) is 2. The van der Waals surface area contributed by atoms with Gasteiger partial charge < -0.3 is 15.4 Å². The van der Waals surface area contributed by atoms with Crippen LogP contribution in [0.5, 0.6) is 0 Å². The van der Waals surface area contributed by atoms with Gasteiger partial charge in [0, 0.05) is 44.3 Å². The lowest BCUT2D eigenvalue weighted by Crippen LogP contribution is -2.69. The number of aliphatic imine (C=N–C) groups is 1. The molecule has 0 bridgehead atoms. The van der Waals surface area contributed by atoms with Crippen LogP contribution in [-0.2, 0) is 11.2 Å². The van der Waals surface area contributed by atoms with Gasteiger partial charge in [-0.2, -0.15) is 0 Å². The summed E-state index contributed by atoms with van der Waals surface area (Å²) in [6.07, 6.45) is 3.70. The van der Waals surface area contributed by atoms with Crippen molar-refractivity contribution in [2.45, 2.75) is 52.2 Å². The summed E-state index contributed by atoms with van der Waals surface area (Å²) in [5.41, 5.74) is 0.815. The Morgan fingerprint density at radius 2 is 2.15 bits per heavy atom. The monoisotopic (exact) mass is 358 g/mol. The number of ether oxygens (including phenoxy) is 1. The summed E-state index contributed by atoms with van der Waals surface area (Å²) < 4.78 is 7.72. The van der Waals surface area contributed by atoms with Crippen molar-refractivity contribution in [1.29, 1.82) is 0 Å². The molecule has 2 aromatic heterocycles. The first-order valence-electron chi connectivity index (χ1n) is 9.30. The van der Waals surface area contributed by atoms with Crippen LogP contribution in [0.15, 0.2) is 29.4 Å². The van der Waals surface area contributed by atoms with Crippen molar-refractivity contribution in [1.82, 2.24) is 25.2 Å². The van der Waals surface area contributed by atoms with Crippen molar-refractivity contribution < 1.29 is 4.74 Å². The number of aromatic nitrogens is 3. The molecule has 142 valence electrons. The molecule has 26 heavy (non-hydrogen) atoms. The Morgan fingerprint density at radius 3 is 2.85 bits per heavy atom. The van der Waals surface area contributed by atoms with Gasteiger partial charge in [-0.25, -0.2) is 0 Å². The summed E-state index contributed by atoms with van der Waals surface area (Å²) in [6, 6.07) is 6.24. The minimum absolute atomic E-state index is 0.0428. The van der Waals surface area contributed by atoms with E-state index in [1.165, 1.54) is 0 Å². The molecule has 2 aromatic rings. The zero-order chi connectivity index (χ0) is 18.8. The topological polar surface area (TPSA) is 75.8 Å². The van der Waals surface area contributed by atoms with Gasteiger partial charge in [0.1, 0.15) is 5.82 Å². The molecular weight excluding hydrogens is 328 g/mol. The third kappa shape index (κ3) is 3.28. The lowest BCUT2D eigenvalue weighted by atomic mass is 9.56. The Bertz CT molecular complexity index is 783. The Morgan fingerprint density at radius 1 is 1.35 bits per heavy atom. The van der Waals surface area contributed by atoms with Crippen LogP contribution in [0.4, 0.5) is 0 Å². The Kier molecular flexibility index (Phi) is 5.18. The summed E-state index contributed by atoms with van der Waals surface area (Å²) in [6.45, 7) is 10.2. The number of nitrogens with zero attached hydrogens (tertiary/aromatic N) is 4. The number of fused-ring (bicyclic) bond motifs is 1. The molecule has 2 unspecified atom stereocenters. The fourth-order valence-electron chi connectivity index (χ4n) is 3.54. The van der Waals surface area contributed by atoms with Gasteiger partial charge in [-0.1, -0.05) is 19.9 Å². The standard InChI is InChI=1S/C19H30N6O/c1-6-20-17(22-14-13-19(4,26-5)18(14,2)3)21-11-10-16-24-23-15-9-7-8-12-25(15)16/h7-9,12,14H,6,10-11,13H2,1-5H3,(H2,20,21,22). The van der Waals surface area contributed by atoms with Gasteiger partial charge in [0.2, 0.25) is 0 Å². The average Bonchev–Trinajstić information content (AvgIpc) is 3.04. The summed E-state index contributed by atoms with van der Waals surface area (Å²) in [5, 5.41) is 15.4. The molecule has 2 atom stereocenters. The first-order valence-corrected chi connectivity index (χ1v) is 9.30. The van der Waals surface area contributed by atoms with E-state index in [-0.39, 0.29) is 11.0 Å². The second-order valence-corrected chi connectivity index (χ2v) is 7.61. The van der Waals surface area contributed by atoms with Crippen molar-refractivity contribution in [3.63, 3.8) is 0 Å². The van der Waals surface area contributed by atoms with E-state index in [0.717, 1.165) is 36.8 Å². The molecule has 7 nitrogen and oxygen atoms in total. The zero-order valence-corrected chi connectivity index (χ0v) is 16.4. The van der Waals surface area contributed by atoms with Crippen molar-refractivity contribution in [3.8, 4) is 0 Å². The molecule has 2 N–H and O–H groups in total. The van der Waals surface area contributed by atoms with Gasteiger partial charge in [0.25, 0.3) is 0 Å². The van der Waals surface area contributed by atoms with Gasteiger partial charge in [0.15, 0.2) is 11.6 Å². The van der Waals surface area contributed by atoms with E-state index in [9.17, 15) is 0 Å². The molecule has 2 heterocycles. The van der Waals surface area contributed by atoms with Crippen molar-refractivity contribution in [2.75, 3.05) is 20.2 Å². The largest absolute Gasteiger partial charge is 0.378 e. The molecule has 1 fully saturated rings. The lowest BCUT2D eigenvalue weighted by Gasteiger charge is -2.59. The van der Waals surface area contributed by atoms with E-state index in [1.807, 2.05) is 28.8 Å². The van der Waals surface area contributed by atoms with Gasteiger partial charge >= 0.3 is 0 Å². The molecule has 3 rings (SSSR count). The smallest absolute Gasteiger partial charge is 0.191 e. The van der Waals surface area contributed by atoms with Crippen LogP contribution < -0.4 is 10.6 Å². The average molecular weight is 358 g/mol.